The summed E-state index contributed by atoms with van der Waals surface area (Å²) < 4.78 is 0. The van der Waals surface area contributed by atoms with Gasteiger partial charge in [0.1, 0.15) is 0 Å². The lowest BCUT2D eigenvalue weighted by atomic mass is 9.46. The first-order chi connectivity index (χ1) is 40.2. The first-order valence-corrected chi connectivity index (χ1v) is 35.9. The van der Waals surface area contributed by atoms with Crippen molar-refractivity contribution in [2.45, 2.75) is 336 Å². The highest BCUT2D eigenvalue weighted by molar-refractivity contribution is 5.66. The summed E-state index contributed by atoms with van der Waals surface area (Å²) in [4.78, 5) is 0. The molecule has 0 unspecified atom stereocenters. The molecule has 0 aliphatic rings. The summed E-state index contributed by atoms with van der Waals surface area (Å²) in [6.07, 6.45) is 65.5. The van der Waals surface area contributed by atoms with Crippen LogP contribution in [0.25, 0.3) is 0 Å². The van der Waals surface area contributed by atoms with Gasteiger partial charge in [-0.1, -0.05) is 432 Å². The number of hydrogen-bond donors (Lipinski definition) is 0. The Morgan fingerprint density at radius 3 is 0.506 bits per heavy atom. The van der Waals surface area contributed by atoms with Crippen LogP contribution < -0.4 is 0 Å². The summed E-state index contributed by atoms with van der Waals surface area (Å²) in [5.74, 6) is 6.74. The van der Waals surface area contributed by atoms with Gasteiger partial charge in [0.15, 0.2) is 0 Å². The molecule has 0 nitrogen and oxygen atoms in total. The summed E-state index contributed by atoms with van der Waals surface area (Å²) in [5, 5.41) is 0. The van der Waals surface area contributed by atoms with Crippen molar-refractivity contribution in [1.82, 2.24) is 0 Å². The Kier molecular flexibility index (Phi) is 42.7. The number of unbranched alkanes of at least 4 members (excludes halogenated alkanes) is 40. The standard InChI is InChI=1S/C81H128/c1-5-9-13-17-21-25-29-33-37-41-57-69-77(70-58-42-38-34-30-26-22-18-14-10-6-2)81(79(73-61-49-45-50-62-73)74-63-51-46-52-64-74,80(75-65-53-47-54-66-75)76-67-55-48-56-68-76)78(71-59-43-39-35-31-27-23-19-15-11-7-3)72-60-44-40-36-32-28-24-20-16-12-8-4/h45-56,61-68H,5-44,57-60,69-72H2,1-4H3. The Bertz CT molecular complexity index is 1620. The lowest BCUT2D eigenvalue weighted by Crippen LogP contribution is -2.48. The average molecular weight is 1100 g/mol. The fraction of sp³-hybridized carbons (Fsp3) is 0.654. The molecule has 0 saturated carbocycles. The lowest BCUT2D eigenvalue weighted by molar-refractivity contribution is 0.309. The van der Waals surface area contributed by atoms with E-state index in [1.807, 2.05) is 11.8 Å². The molecule has 0 spiro atoms. The van der Waals surface area contributed by atoms with Crippen molar-refractivity contribution < 1.29 is 0 Å². The van der Waals surface area contributed by atoms with E-state index in [-0.39, 0.29) is 5.41 Å². The third-order valence-electron chi connectivity index (χ3n) is 18.4. The van der Waals surface area contributed by atoms with Crippen LogP contribution in [0.2, 0.25) is 0 Å². The summed E-state index contributed by atoms with van der Waals surface area (Å²) in [6, 6.07) is 47.7. The summed E-state index contributed by atoms with van der Waals surface area (Å²) in [5.41, 5.74) is 5.22. The van der Waals surface area contributed by atoms with E-state index in [9.17, 15) is 0 Å². The summed E-state index contributed by atoms with van der Waals surface area (Å²) in [7, 11) is 0. The van der Waals surface area contributed by atoms with Gasteiger partial charge in [-0.2, -0.15) is 0 Å². The zero-order chi connectivity index (χ0) is 57.2. The van der Waals surface area contributed by atoms with E-state index in [0.29, 0.717) is 0 Å². The van der Waals surface area contributed by atoms with Gasteiger partial charge in [-0.25, -0.2) is 0 Å². The first kappa shape index (κ1) is 70.4. The minimum atomic E-state index is -0.390. The van der Waals surface area contributed by atoms with Crippen molar-refractivity contribution in [3.63, 3.8) is 0 Å². The SMILES string of the molecule is CCCCCCCCCCCCC[C](CCCCCCCCCCCCC)C([C](CCCCCCCCCCCCC)CCCCCCCCCCCCC)([C](c1ccccc1)c1ccccc1)[C](c1ccccc1)c1ccccc1. The molecule has 81 heavy (non-hydrogen) atoms. The highest BCUT2D eigenvalue weighted by atomic mass is 14.6. The zero-order valence-electron chi connectivity index (χ0n) is 54.0. The highest BCUT2D eigenvalue weighted by Gasteiger charge is 2.57. The normalized spacial score (nSPS) is 12.0. The van der Waals surface area contributed by atoms with Gasteiger partial charge < -0.3 is 0 Å². The molecule has 0 heterocycles. The maximum atomic E-state index is 2.49. The van der Waals surface area contributed by atoms with Crippen LogP contribution in [0.5, 0.6) is 0 Å². The topological polar surface area (TPSA) is 0 Å². The van der Waals surface area contributed by atoms with E-state index in [4.69, 9.17) is 0 Å². The van der Waals surface area contributed by atoms with E-state index < -0.39 is 0 Å². The van der Waals surface area contributed by atoms with E-state index >= 15 is 0 Å². The van der Waals surface area contributed by atoms with Gasteiger partial charge in [0.05, 0.1) is 0 Å². The molecule has 4 radical (unpaired) electrons. The molecule has 4 aromatic carbocycles. The average Bonchev–Trinajstić information content (AvgIpc) is 3.60. The Balaban J connectivity index is 1.85. The Hall–Kier alpha value is -3.12. The molecule has 0 N–H and O–H groups in total. The van der Waals surface area contributed by atoms with E-state index in [1.54, 1.807) is 11.8 Å². The molecule has 0 saturated heterocycles. The minimum absolute atomic E-state index is 0.390. The Morgan fingerprint density at radius 1 is 0.198 bits per heavy atom. The van der Waals surface area contributed by atoms with Crippen molar-refractivity contribution >= 4 is 0 Å². The number of benzene rings is 4. The Morgan fingerprint density at radius 2 is 0.346 bits per heavy atom. The van der Waals surface area contributed by atoms with Gasteiger partial charge in [-0.15, -0.1) is 0 Å². The first-order valence-electron chi connectivity index (χ1n) is 35.9. The number of rotatable bonds is 56. The van der Waals surface area contributed by atoms with E-state index in [0.717, 1.165) is 0 Å². The molecule has 4 aromatic rings. The maximum Gasteiger partial charge on any atom is 0.0425 e. The van der Waals surface area contributed by atoms with Crippen molar-refractivity contribution in [2.24, 2.45) is 5.41 Å². The van der Waals surface area contributed by atoms with E-state index in [2.05, 4.69) is 149 Å². The van der Waals surface area contributed by atoms with Crippen LogP contribution in [-0.2, 0) is 0 Å². The zero-order valence-corrected chi connectivity index (χ0v) is 54.0. The molecule has 4 rings (SSSR count). The molecule has 0 atom stereocenters. The molecule has 0 aliphatic carbocycles. The monoisotopic (exact) mass is 1100 g/mol. The molecular formula is C81H128. The third-order valence-corrected chi connectivity index (χ3v) is 18.4. The summed E-state index contributed by atoms with van der Waals surface area (Å²) >= 11 is 0. The molecule has 0 heteroatoms. The molecule has 0 amide bonds. The Labute approximate surface area is 505 Å². The van der Waals surface area contributed by atoms with Crippen molar-refractivity contribution in [3.05, 3.63) is 167 Å². The van der Waals surface area contributed by atoms with Gasteiger partial charge in [0.2, 0.25) is 0 Å². The fourth-order valence-electron chi connectivity index (χ4n) is 13.7. The third kappa shape index (κ3) is 29.5. The second kappa shape index (κ2) is 49.2. The quantitative estimate of drug-likeness (QED) is 0.0387. The van der Waals surface area contributed by atoms with Crippen molar-refractivity contribution in [1.29, 1.82) is 0 Å². The molecule has 0 aromatic heterocycles. The largest absolute Gasteiger partial charge is 0.0654 e. The van der Waals surface area contributed by atoms with Crippen LogP contribution in [0, 0.1) is 29.1 Å². The van der Waals surface area contributed by atoms with Crippen LogP contribution in [0.15, 0.2) is 121 Å². The van der Waals surface area contributed by atoms with Gasteiger partial charge in [-0.05, 0) is 59.8 Å². The summed E-state index contributed by atoms with van der Waals surface area (Å²) in [6.45, 7) is 9.36. The molecule has 0 aliphatic heterocycles. The fourth-order valence-corrected chi connectivity index (χ4v) is 13.7. The predicted molar refractivity (Wildman–Crippen MR) is 362 cm³/mol. The number of hydrogen-bond acceptors (Lipinski definition) is 0. The van der Waals surface area contributed by atoms with Gasteiger partial charge in [0, 0.05) is 17.3 Å². The van der Waals surface area contributed by atoms with Crippen LogP contribution in [-0.4, -0.2) is 0 Å². The predicted octanol–water partition coefficient (Wildman–Crippen LogP) is 27.3. The van der Waals surface area contributed by atoms with Crippen molar-refractivity contribution in [2.75, 3.05) is 0 Å². The lowest BCUT2D eigenvalue weighted by Gasteiger charge is -2.56. The van der Waals surface area contributed by atoms with Crippen LogP contribution in [0.4, 0.5) is 0 Å². The second-order valence-electron chi connectivity index (χ2n) is 25.3. The van der Waals surface area contributed by atoms with Crippen LogP contribution in [0.3, 0.4) is 0 Å². The molecule has 0 bridgehead atoms. The van der Waals surface area contributed by atoms with Gasteiger partial charge >= 0.3 is 0 Å². The van der Waals surface area contributed by atoms with Gasteiger partial charge in [-0.3, -0.25) is 0 Å². The molecular weight excluding hydrogens is 973 g/mol. The highest BCUT2D eigenvalue weighted by Crippen LogP contribution is 2.66. The van der Waals surface area contributed by atoms with Crippen LogP contribution >= 0.6 is 0 Å². The molecule has 452 valence electrons. The van der Waals surface area contributed by atoms with Gasteiger partial charge in [0.25, 0.3) is 0 Å². The second-order valence-corrected chi connectivity index (χ2v) is 25.3. The van der Waals surface area contributed by atoms with Crippen LogP contribution in [0.1, 0.15) is 358 Å². The van der Waals surface area contributed by atoms with Crippen molar-refractivity contribution in [3.8, 4) is 0 Å². The molecule has 0 fully saturated rings. The maximum absolute atomic E-state index is 2.49. The minimum Gasteiger partial charge on any atom is -0.0654 e. The smallest absolute Gasteiger partial charge is 0.0425 e. The van der Waals surface area contributed by atoms with E-state index in [1.165, 1.54) is 330 Å².